The number of carbonyl (C=O) groups is 1. The molecule has 0 aromatic heterocycles. The number of ether oxygens (including phenoxy) is 4. The predicted molar refractivity (Wildman–Crippen MR) is 106 cm³/mol. The highest BCUT2D eigenvalue weighted by atomic mass is 16.5. The first-order valence-corrected chi connectivity index (χ1v) is 8.84. The highest BCUT2D eigenvalue weighted by Crippen LogP contribution is 2.45. The molecule has 5 nitrogen and oxygen atoms in total. The van der Waals surface area contributed by atoms with E-state index in [0.29, 0.717) is 36.7 Å². The van der Waals surface area contributed by atoms with Gasteiger partial charge in [0.15, 0.2) is 17.8 Å². The number of aldehydes is 1. The van der Waals surface area contributed by atoms with Crippen LogP contribution in [0.4, 0.5) is 0 Å². The molecule has 0 atom stereocenters. The minimum absolute atomic E-state index is 0.280. The summed E-state index contributed by atoms with van der Waals surface area (Å²) in [5, 5.41) is 0. The summed E-state index contributed by atoms with van der Waals surface area (Å²) in [4.78, 5) is 11.7. The highest BCUT2D eigenvalue weighted by molar-refractivity contribution is 5.87. The van der Waals surface area contributed by atoms with Crippen LogP contribution in [0.3, 0.4) is 0 Å². The minimum atomic E-state index is 0.280. The Morgan fingerprint density at radius 2 is 1.21 bits per heavy atom. The first kappa shape index (κ1) is 19.3. The van der Waals surface area contributed by atoms with Crippen molar-refractivity contribution < 1.29 is 23.7 Å². The molecule has 0 spiro atoms. The van der Waals surface area contributed by atoms with E-state index < -0.39 is 0 Å². The Morgan fingerprint density at radius 1 is 0.714 bits per heavy atom. The maximum atomic E-state index is 11.7. The molecule has 0 aliphatic rings. The van der Waals surface area contributed by atoms with E-state index in [1.165, 1.54) is 14.2 Å². The average Bonchev–Trinajstić information content (AvgIpc) is 2.76. The molecule has 0 bridgehead atoms. The van der Waals surface area contributed by atoms with Gasteiger partial charge in [-0.2, -0.15) is 0 Å². The zero-order valence-electron chi connectivity index (χ0n) is 15.9. The topological polar surface area (TPSA) is 54.0 Å². The van der Waals surface area contributed by atoms with Gasteiger partial charge in [-0.25, -0.2) is 0 Å². The van der Waals surface area contributed by atoms with Crippen molar-refractivity contribution in [1.29, 1.82) is 0 Å². The van der Waals surface area contributed by atoms with Gasteiger partial charge in [0.2, 0.25) is 5.75 Å². The molecule has 0 unspecified atom stereocenters. The van der Waals surface area contributed by atoms with Gasteiger partial charge >= 0.3 is 0 Å². The minimum Gasteiger partial charge on any atom is -0.492 e. The van der Waals surface area contributed by atoms with Crippen molar-refractivity contribution >= 4 is 6.29 Å². The molecule has 0 aliphatic heterocycles. The van der Waals surface area contributed by atoms with E-state index in [-0.39, 0.29) is 11.3 Å². The Hall–Kier alpha value is -3.47. The molecule has 3 rings (SSSR count). The Balaban J connectivity index is 1.92. The number of rotatable bonds is 9. The Kier molecular flexibility index (Phi) is 6.52. The van der Waals surface area contributed by atoms with Crippen molar-refractivity contribution in [3.63, 3.8) is 0 Å². The Morgan fingerprint density at radius 3 is 1.68 bits per heavy atom. The summed E-state index contributed by atoms with van der Waals surface area (Å²) in [5.41, 5.74) is 2.28. The number of carbonyl (C=O) groups excluding carboxylic acids is 1. The summed E-state index contributed by atoms with van der Waals surface area (Å²) < 4.78 is 22.7. The quantitative estimate of drug-likeness (QED) is 0.506. The fraction of sp³-hybridized carbons (Fsp3) is 0.174. The zero-order chi connectivity index (χ0) is 19.8. The van der Waals surface area contributed by atoms with Crippen molar-refractivity contribution in [3.05, 3.63) is 83.4 Å². The summed E-state index contributed by atoms with van der Waals surface area (Å²) in [6.45, 7) is 0.661. The third-order valence-corrected chi connectivity index (χ3v) is 4.20. The lowest BCUT2D eigenvalue weighted by molar-refractivity contribution is 0.111. The van der Waals surface area contributed by atoms with E-state index in [1.807, 2.05) is 60.7 Å². The molecule has 3 aromatic rings. The van der Waals surface area contributed by atoms with Gasteiger partial charge in [0.1, 0.15) is 24.5 Å². The van der Waals surface area contributed by atoms with Gasteiger partial charge in [-0.3, -0.25) is 4.79 Å². The van der Waals surface area contributed by atoms with Crippen LogP contribution in [0.1, 0.15) is 21.5 Å². The van der Waals surface area contributed by atoms with E-state index in [0.717, 1.165) is 11.1 Å². The van der Waals surface area contributed by atoms with Crippen molar-refractivity contribution in [1.82, 2.24) is 0 Å². The number of hydrogen-bond donors (Lipinski definition) is 0. The Labute approximate surface area is 164 Å². The molecule has 0 heterocycles. The first-order chi connectivity index (χ1) is 13.8. The van der Waals surface area contributed by atoms with Gasteiger partial charge in [-0.05, 0) is 11.1 Å². The molecule has 28 heavy (non-hydrogen) atoms. The molecule has 0 radical (unpaired) electrons. The Bertz CT molecular complexity index is 907. The van der Waals surface area contributed by atoms with Gasteiger partial charge in [0, 0.05) is 6.07 Å². The zero-order valence-corrected chi connectivity index (χ0v) is 15.9. The van der Waals surface area contributed by atoms with Crippen molar-refractivity contribution in [2.75, 3.05) is 14.2 Å². The summed E-state index contributed by atoms with van der Waals surface area (Å²) in [7, 11) is 2.99. The summed E-state index contributed by atoms with van der Waals surface area (Å²) >= 11 is 0. The molecule has 5 heteroatoms. The van der Waals surface area contributed by atoms with E-state index >= 15 is 0 Å². The largest absolute Gasteiger partial charge is 0.492 e. The second-order valence-corrected chi connectivity index (χ2v) is 6.02. The second-order valence-electron chi connectivity index (χ2n) is 6.02. The first-order valence-electron chi connectivity index (χ1n) is 8.84. The maximum Gasteiger partial charge on any atom is 0.204 e. The summed E-state index contributed by atoms with van der Waals surface area (Å²) in [6, 6.07) is 21.1. The summed E-state index contributed by atoms with van der Waals surface area (Å²) in [5.74, 6) is 1.45. The van der Waals surface area contributed by atoms with Gasteiger partial charge < -0.3 is 18.9 Å². The van der Waals surface area contributed by atoms with E-state index in [9.17, 15) is 4.79 Å². The average molecular weight is 378 g/mol. The normalized spacial score (nSPS) is 10.2. The van der Waals surface area contributed by atoms with Crippen LogP contribution < -0.4 is 18.9 Å². The molecule has 0 amide bonds. The smallest absolute Gasteiger partial charge is 0.204 e. The molecular weight excluding hydrogens is 356 g/mol. The van der Waals surface area contributed by atoms with Crippen molar-refractivity contribution in [2.45, 2.75) is 13.2 Å². The van der Waals surface area contributed by atoms with Crippen molar-refractivity contribution in [2.24, 2.45) is 0 Å². The van der Waals surface area contributed by atoms with Crippen molar-refractivity contribution in [3.8, 4) is 23.0 Å². The van der Waals surface area contributed by atoms with Crippen LogP contribution in [0.5, 0.6) is 23.0 Å². The fourth-order valence-corrected chi connectivity index (χ4v) is 2.81. The molecule has 0 saturated carbocycles. The molecule has 0 N–H and O–H groups in total. The van der Waals surface area contributed by atoms with E-state index in [4.69, 9.17) is 18.9 Å². The predicted octanol–water partition coefficient (Wildman–Crippen LogP) is 4.67. The molecule has 0 aliphatic carbocycles. The van der Waals surface area contributed by atoms with Crippen LogP contribution in [-0.2, 0) is 13.2 Å². The standard InChI is InChI=1S/C23H22O5/c1-25-22-19(14-24)20(27-15-17-9-5-3-6-10-17)13-21(23(22)26-2)28-16-18-11-7-4-8-12-18/h3-14H,15-16H2,1-2H3. The van der Waals surface area contributed by atoms with Gasteiger partial charge in [-0.15, -0.1) is 0 Å². The third-order valence-electron chi connectivity index (χ3n) is 4.20. The lowest BCUT2D eigenvalue weighted by Crippen LogP contribution is -2.05. The van der Waals surface area contributed by atoms with Crippen LogP contribution >= 0.6 is 0 Å². The summed E-state index contributed by atoms with van der Waals surface area (Å²) in [6.07, 6.45) is 0.697. The molecule has 0 fully saturated rings. The molecule has 3 aromatic carbocycles. The molecular formula is C23H22O5. The SMILES string of the molecule is COc1c(OCc2ccccc2)cc(OCc2ccccc2)c(C=O)c1OC. The van der Waals surface area contributed by atoms with E-state index in [1.54, 1.807) is 6.07 Å². The lowest BCUT2D eigenvalue weighted by Gasteiger charge is -2.18. The van der Waals surface area contributed by atoms with Crippen LogP contribution in [0.15, 0.2) is 66.7 Å². The number of hydrogen-bond acceptors (Lipinski definition) is 5. The third kappa shape index (κ3) is 4.43. The van der Waals surface area contributed by atoms with Crippen LogP contribution in [0.25, 0.3) is 0 Å². The fourth-order valence-electron chi connectivity index (χ4n) is 2.81. The molecule has 0 saturated heterocycles. The molecule has 144 valence electrons. The van der Waals surface area contributed by atoms with Gasteiger partial charge in [0.25, 0.3) is 0 Å². The lowest BCUT2D eigenvalue weighted by atomic mass is 10.1. The highest BCUT2D eigenvalue weighted by Gasteiger charge is 2.22. The number of methoxy groups -OCH3 is 2. The van der Waals surface area contributed by atoms with Crippen LogP contribution in [-0.4, -0.2) is 20.5 Å². The maximum absolute atomic E-state index is 11.7. The monoisotopic (exact) mass is 378 g/mol. The second kappa shape index (κ2) is 9.46. The van der Waals surface area contributed by atoms with E-state index in [2.05, 4.69) is 0 Å². The number of benzene rings is 3. The van der Waals surface area contributed by atoms with Gasteiger partial charge in [-0.1, -0.05) is 60.7 Å². The van der Waals surface area contributed by atoms with Crippen LogP contribution in [0.2, 0.25) is 0 Å². The van der Waals surface area contributed by atoms with Crippen LogP contribution in [0, 0.1) is 0 Å². The van der Waals surface area contributed by atoms with Gasteiger partial charge in [0.05, 0.1) is 14.2 Å².